The number of nitrogens with zero attached hydrogens (tertiary/aromatic N) is 4. The summed E-state index contributed by atoms with van der Waals surface area (Å²) in [6.45, 7) is 2.98. The molecular formula is C24H27ClFN7OS2. The van der Waals surface area contributed by atoms with Crippen molar-refractivity contribution in [1.29, 1.82) is 16.1 Å². The Morgan fingerprint density at radius 2 is 1.94 bits per heavy atom. The van der Waals surface area contributed by atoms with Crippen LogP contribution >= 0.6 is 35.3 Å². The van der Waals surface area contributed by atoms with Gasteiger partial charge in [0.1, 0.15) is 22.6 Å². The number of anilines is 1. The van der Waals surface area contributed by atoms with Gasteiger partial charge in [0, 0.05) is 29.6 Å². The molecule has 6 rings (SSSR count). The Balaban J connectivity index is 1.34. The molecule has 190 valence electrons. The Bertz CT molecular complexity index is 1290. The van der Waals surface area contributed by atoms with E-state index < -0.39 is 17.6 Å². The number of nitriles is 1. The molecule has 0 radical (unpaired) electrons. The van der Waals surface area contributed by atoms with Crippen molar-refractivity contribution < 1.29 is 9.13 Å². The summed E-state index contributed by atoms with van der Waals surface area (Å²) in [4.78, 5) is 7.72. The number of aromatic nitrogens is 2. The zero-order chi connectivity index (χ0) is 25.1. The summed E-state index contributed by atoms with van der Waals surface area (Å²) in [6, 6.07) is 4.29. The normalized spacial score (nSPS) is 22.8. The van der Waals surface area contributed by atoms with E-state index >= 15 is 0 Å². The minimum Gasteiger partial charge on any atom is -0.380 e. The molecule has 2 aliphatic heterocycles. The van der Waals surface area contributed by atoms with E-state index in [-0.39, 0.29) is 15.5 Å². The first-order chi connectivity index (χ1) is 17.3. The van der Waals surface area contributed by atoms with Gasteiger partial charge in [-0.25, -0.2) is 9.37 Å². The standard InChI is InChI=1S/C24H27ClFN7OS2/c25-18-17-16(32-7-5-22(6-8-32)13-34-14-22)9-15(36-31-24(11-26)3-4-24)10-33(17)20(30-18)19(28)35-21(29)23(12-27)1-2-23/h9-10,28-29,31H,1-8,11,13-14H2. The summed E-state index contributed by atoms with van der Waals surface area (Å²) < 4.78 is 24.1. The van der Waals surface area contributed by atoms with E-state index in [9.17, 15) is 9.65 Å². The number of hydrogen-bond donors (Lipinski definition) is 3. The average molecular weight is 548 g/mol. The van der Waals surface area contributed by atoms with E-state index in [0.717, 1.165) is 79.8 Å². The maximum atomic E-state index is 13.5. The first kappa shape index (κ1) is 24.5. The summed E-state index contributed by atoms with van der Waals surface area (Å²) in [7, 11) is 0. The predicted molar refractivity (Wildman–Crippen MR) is 141 cm³/mol. The molecule has 4 heterocycles. The predicted octanol–water partition coefficient (Wildman–Crippen LogP) is 5.04. The van der Waals surface area contributed by atoms with Crippen LogP contribution in [0.1, 0.15) is 44.3 Å². The molecule has 8 nitrogen and oxygen atoms in total. The number of nitrogens with one attached hydrogen (secondary N) is 3. The van der Waals surface area contributed by atoms with Crippen molar-refractivity contribution in [2.45, 2.75) is 49.0 Å². The van der Waals surface area contributed by atoms with Crippen molar-refractivity contribution in [3.63, 3.8) is 0 Å². The molecule has 0 bridgehead atoms. The molecule has 12 heteroatoms. The third kappa shape index (κ3) is 4.21. The third-order valence-electron chi connectivity index (χ3n) is 7.93. The second-order valence-electron chi connectivity index (χ2n) is 10.6. The van der Waals surface area contributed by atoms with Crippen LogP contribution in [0, 0.1) is 33.0 Å². The lowest BCUT2D eigenvalue weighted by atomic mass is 9.77. The van der Waals surface area contributed by atoms with E-state index in [4.69, 9.17) is 27.2 Å². The highest BCUT2D eigenvalue weighted by Gasteiger charge is 2.48. The molecule has 1 spiro atoms. The van der Waals surface area contributed by atoms with Crippen LogP contribution in [-0.4, -0.2) is 58.0 Å². The minimum absolute atomic E-state index is 0.0797. The molecule has 2 aromatic rings. The van der Waals surface area contributed by atoms with Crippen LogP contribution in [-0.2, 0) is 4.74 Å². The zero-order valence-corrected chi connectivity index (χ0v) is 22.1. The molecule has 4 fully saturated rings. The fraction of sp³-hybridized carbons (Fsp3) is 0.583. The Morgan fingerprint density at radius 1 is 1.22 bits per heavy atom. The Kier molecular flexibility index (Phi) is 6.04. The van der Waals surface area contributed by atoms with Crippen molar-refractivity contribution in [3.05, 3.63) is 23.2 Å². The van der Waals surface area contributed by atoms with Gasteiger partial charge in [0.25, 0.3) is 0 Å². The number of hydrogen-bond acceptors (Lipinski definition) is 9. The SMILES string of the molecule is N#CC1(C(=N)SC(=N)c2nc(Cl)c3c(N4CCC5(CC4)COC5)cc(SNC4(CF)CC4)cn23)CC1. The molecule has 2 saturated carbocycles. The van der Waals surface area contributed by atoms with Gasteiger partial charge >= 0.3 is 0 Å². The zero-order valence-electron chi connectivity index (χ0n) is 19.7. The molecular weight excluding hydrogens is 521 g/mol. The number of thioether (sulfide) groups is 1. The van der Waals surface area contributed by atoms with Gasteiger partial charge in [-0.1, -0.05) is 23.4 Å². The van der Waals surface area contributed by atoms with Crippen LogP contribution < -0.4 is 9.62 Å². The van der Waals surface area contributed by atoms with Crippen LogP contribution in [0.4, 0.5) is 10.1 Å². The molecule has 36 heavy (non-hydrogen) atoms. The highest BCUT2D eigenvalue weighted by molar-refractivity contribution is 8.26. The van der Waals surface area contributed by atoms with Crippen LogP contribution in [0.3, 0.4) is 0 Å². The quantitative estimate of drug-likeness (QED) is 0.253. The number of alkyl halides is 1. The van der Waals surface area contributed by atoms with Crippen LogP contribution in [0.2, 0.25) is 5.15 Å². The highest BCUT2D eigenvalue weighted by Crippen LogP contribution is 2.49. The fourth-order valence-electron chi connectivity index (χ4n) is 4.83. The van der Waals surface area contributed by atoms with Crippen molar-refractivity contribution >= 4 is 56.6 Å². The van der Waals surface area contributed by atoms with Gasteiger partial charge in [0.05, 0.1) is 35.6 Å². The summed E-state index contributed by atoms with van der Waals surface area (Å²) in [5.41, 5.74) is 0.735. The van der Waals surface area contributed by atoms with E-state index in [1.807, 2.05) is 10.6 Å². The Morgan fingerprint density at radius 3 is 2.50 bits per heavy atom. The molecule has 3 N–H and O–H groups in total. The second kappa shape index (κ2) is 8.88. The van der Waals surface area contributed by atoms with E-state index in [2.05, 4.69) is 26.7 Å². The Labute approximate surface area is 222 Å². The van der Waals surface area contributed by atoms with Gasteiger partial charge in [0.2, 0.25) is 0 Å². The minimum atomic E-state index is -0.760. The average Bonchev–Trinajstić information content (AvgIpc) is 3.79. The number of piperidine rings is 1. The molecule has 0 unspecified atom stereocenters. The van der Waals surface area contributed by atoms with Crippen LogP contribution in [0.25, 0.3) is 5.52 Å². The lowest BCUT2D eigenvalue weighted by molar-refractivity contribution is -0.124. The number of imidazole rings is 1. The topological polar surface area (TPSA) is 113 Å². The number of ether oxygens (including phenoxy) is 1. The number of halogens is 2. The van der Waals surface area contributed by atoms with E-state index in [1.165, 1.54) is 11.9 Å². The Hall–Kier alpha value is -1.84. The maximum absolute atomic E-state index is 13.5. The third-order valence-corrected chi connectivity index (χ3v) is 10.2. The summed E-state index contributed by atoms with van der Waals surface area (Å²) in [5.74, 6) is 0.342. The molecule has 0 atom stereocenters. The van der Waals surface area contributed by atoms with Gasteiger partial charge in [0.15, 0.2) is 11.0 Å². The number of rotatable bonds is 7. The number of fused-ring (bicyclic) bond motifs is 1. The lowest BCUT2D eigenvalue weighted by Gasteiger charge is -2.48. The van der Waals surface area contributed by atoms with Gasteiger partial charge in [-0.3, -0.25) is 19.9 Å². The maximum Gasteiger partial charge on any atom is 0.171 e. The lowest BCUT2D eigenvalue weighted by Crippen LogP contribution is -2.51. The second-order valence-corrected chi connectivity index (χ2v) is 12.8. The van der Waals surface area contributed by atoms with Gasteiger partial charge in [-0.05, 0) is 56.5 Å². The van der Waals surface area contributed by atoms with Crippen molar-refractivity contribution in [1.82, 2.24) is 14.1 Å². The highest BCUT2D eigenvalue weighted by atomic mass is 35.5. The monoisotopic (exact) mass is 547 g/mol. The van der Waals surface area contributed by atoms with Gasteiger partial charge in [-0.2, -0.15) is 5.26 Å². The number of pyridine rings is 1. The van der Waals surface area contributed by atoms with Gasteiger partial charge in [-0.15, -0.1) is 0 Å². The van der Waals surface area contributed by atoms with E-state index in [0.29, 0.717) is 23.8 Å². The fourth-order valence-corrected chi connectivity index (χ4v) is 6.90. The molecule has 0 aromatic carbocycles. The molecule has 2 aromatic heterocycles. The first-order valence-electron chi connectivity index (χ1n) is 12.1. The molecule has 0 amide bonds. The largest absolute Gasteiger partial charge is 0.380 e. The van der Waals surface area contributed by atoms with E-state index in [1.54, 1.807) is 0 Å². The van der Waals surface area contributed by atoms with Crippen molar-refractivity contribution in [2.75, 3.05) is 37.9 Å². The molecule has 2 aliphatic carbocycles. The van der Waals surface area contributed by atoms with Crippen molar-refractivity contribution in [2.24, 2.45) is 10.8 Å². The smallest absolute Gasteiger partial charge is 0.171 e. The summed E-state index contributed by atoms with van der Waals surface area (Å²) in [6.07, 6.45) is 6.89. The van der Waals surface area contributed by atoms with Gasteiger partial charge < -0.3 is 9.64 Å². The first-order valence-corrected chi connectivity index (χ1v) is 14.1. The van der Waals surface area contributed by atoms with Crippen LogP contribution in [0.5, 0.6) is 0 Å². The molecule has 4 aliphatic rings. The molecule has 2 saturated heterocycles. The van der Waals surface area contributed by atoms with Crippen LogP contribution in [0.15, 0.2) is 17.2 Å². The summed E-state index contributed by atoms with van der Waals surface area (Å²) >= 11 is 9.04. The summed E-state index contributed by atoms with van der Waals surface area (Å²) in [5, 5.41) is 27.1. The van der Waals surface area contributed by atoms with Crippen molar-refractivity contribution in [3.8, 4) is 6.07 Å².